The predicted octanol–water partition coefficient (Wildman–Crippen LogP) is 1.94. The molecule has 0 atom stereocenters. The Balaban J connectivity index is 1.67. The van der Waals surface area contributed by atoms with Gasteiger partial charge in [0.05, 0.1) is 0 Å². The van der Waals surface area contributed by atoms with E-state index in [4.69, 9.17) is 13.9 Å². The first-order valence-electron chi connectivity index (χ1n) is 8.08. The normalized spacial score (nSPS) is 17.2. The van der Waals surface area contributed by atoms with Crippen LogP contribution in [0.3, 0.4) is 0 Å². The minimum absolute atomic E-state index is 0.384. The highest BCUT2D eigenvalue weighted by Crippen LogP contribution is 2.41. The Hall–Kier alpha value is -1.46. The van der Waals surface area contributed by atoms with Crippen molar-refractivity contribution >= 4 is 19.4 Å². The predicted molar refractivity (Wildman–Crippen MR) is 94.7 cm³/mol. The second-order valence-electron chi connectivity index (χ2n) is 6.13. The van der Waals surface area contributed by atoms with Gasteiger partial charge in [0.2, 0.25) is 9.04 Å². The molecule has 0 unspecified atom stereocenters. The van der Waals surface area contributed by atoms with Crippen LogP contribution >= 0.6 is 0 Å². The third-order valence-corrected chi connectivity index (χ3v) is 7.15. The lowest BCUT2D eigenvalue weighted by atomic mass is 9.79. The minimum Gasteiger partial charge on any atom is -0.411 e. The van der Waals surface area contributed by atoms with Crippen LogP contribution in [0.1, 0.15) is 12.8 Å². The number of hydrogen-bond donors (Lipinski definition) is 0. The fourth-order valence-electron chi connectivity index (χ4n) is 3.23. The summed E-state index contributed by atoms with van der Waals surface area (Å²) in [5.74, 6) is 0.127. The number of methoxy groups -OCH3 is 2. The molecular formula is C19H24O3Si. The summed E-state index contributed by atoms with van der Waals surface area (Å²) in [5, 5.41) is 2.64. The fraction of sp³-hybridized carbons (Fsp3) is 0.368. The molecule has 3 nitrogen and oxygen atoms in total. The molecule has 0 radical (unpaired) electrons. The summed E-state index contributed by atoms with van der Waals surface area (Å²) in [7, 11) is 1.80. The highest BCUT2D eigenvalue weighted by atomic mass is 28.3. The average molecular weight is 328 g/mol. The number of benzene rings is 2. The topological polar surface area (TPSA) is 27.7 Å². The molecule has 1 aliphatic rings. The molecule has 0 aliphatic heterocycles. The first kappa shape index (κ1) is 16.4. The molecule has 23 heavy (non-hydrogen) atoms. The van der Waals surface area contributed by atoms with Crippen molar-refractivity contribution in [3.63, 3.8) is 0 Å². The molecule has 0 amide bonds. The van der Waals surface area contributed by atoms with E-state index >= 15 is 0 Å². The van der Waals surface area contributed by atoms with Gasteiger partial charge in [-0.3, -0.25) is 0 Å². The summed E-state index contributed by atoms with van der Waals surface area (Å²) in [6.07, 6.45) is 1.81. The van der Waals surface area contributed by atoms with E-state index in [0.717, 1.165) is 19.4 Å². The quantitative estimate of drug-likeness (QED) is 0.574. The maximum atomic E-state index is 6.43. The van der Waals surface area contributed by atoms with Gasteiger partial charge in [0.1, 0.15) is 0 Å². The second-order valence-corrected chi connectivity index (χ2v) is 8.55. The second kappa shape index (κ2) is 7.40. The molecule has 1 aliphatic carbocycles. The third kappa shape index (κ3) is 3.72. The first-order chi connectivity index (χ1) is 11.3. The Labute approximate surface area is 139 Å². The Morgan fingerprint density at radius 2 is 1.35 bits per heavy atom. The van der Waals surface area contributed by atoms with Gasteiger partial charge in [-0.25, -0.2) is 0 Å². The van der Waals surface area contributed by atoms with Crippen LogP contribution in [0.2, 0.25) is 0 Å². The Morgan fingerprint density at radius 1 is 0.870 bits per heavy atom. The smallest absolute Gasteiger partial charge is 0.239 e. The maximum Gasteiger partial charge on any atom is 0.239 e. The summed E-state index contributed by atoms with van der Waals surface area (Å²) >= 11 is 0. The van der Waals surface area contributed by atoms with Gasteiger partial charge in [-0.2, -0.15) is 0 Å². The molecular weight excluding hydrogens is 304 g/mol. The molecule has 0 bridgehead atoms. The highest BCUT2D eigenvalue weighted by Gasteiger charge is 2.45. The molecule has 1 saturated carbocycles. The van der Waals surface area contributed by atoms with E-state index in [2.05, 4.69) is 60.7 Å². The number of ether oxygens (including phenoxy) is 2. The van der Waals surface area contributed by atoms with Crippen LogP contribution in [-0.2, 0) is 13.9 Å². The SMILES string of the molecule is COC1(OC)CC(CO[SiH](c2ccccc2)c2ccccc2)C1. The van der Waals surface area contributed by atoms with Crippen LogP contribution in [0, 0.1) is 5.92 Å². The molecule has 0 spiro atoms. The molecule has 1 fully saturated rings. The highest BCUT2D eigenvalue weighted by molar-refractivity contribution is 6.80. The molecule has 4 heteroatoms. The molecule has 2 aromatic carbocycles. The lowest BCUT2D eigenvalue weighted by molar-refractivity contribution is -0.272. The Morgan fingerprint density at radius 3 is 1.78 bits per heavy atom. The summed E-state index contributed by atoms with van der Waals surface area (Å²) in [6.45, 7) is 0.773. The van der Waals surface area contributed by atoms with Crippen molar-refractivity contribution < 1.29 is 13.9 Å². The average Bonchev–Trinajstić information content (AvgIpc) is 2.59. The monoisotopic (exact) mass is 328 g/mol. The van der Waals surface area contributed by atoms with E-state index in [1.54, 1.807) is 14.2 Å². The molecule has 2 aromatic rings. The molecule has 122 valence electrons. The molecule has 0 heterocycles. The minimum atomic E-state index is -1.63. The van der Waals surface area contributed by atoms with Gasteiger partial charge in [-0.05, 0) is 16.3 Å². The Kier molecular flexibility index (Phi) is 5.28. The first-order valence-corrected chi connectivity index (χ1v) is 9.71. The maximum absolute atomic E-state index is 6.43. The zero-order chi connectivity index (χ0) is 16.1. The van der Waals surface area contributed by atoms with Crippen molar-refractivity contribution in [3.8, 4) is 0 Å². The lowest BCUT2D eigenvalue weighted by Crippen LogP contribution is -2.51. The van der Waals surface area contributed by atoms with E-state index in [-0.39, 0.29) is 5.79 Å². The zero-order valence-electron chi connectivity index (χ0n) is 13.8. The van der Waals surface area contributed by atoms with Gasteiger partial charge in [-0.15, -0.1) is 0 Å². The van der Waals surface area contributed by atoms with Gasteiger partial charge in [0, 0.05) is 33.7 Å². The van der Waals surface area contributed by atoms with Crippen molar-refractivity contribution in [2.24, 2.45) is 5.92 Å². The van der Waals surface area contributed by atoms with Crippen LogP contribution in [0.4, 0.5) is 0 Å². The molecule has 0 N–H and O–H groups in total. The summed E-state index contributed by atoms with van der Waals surface area (Å²) in [4.78, 5) is 0. The van der Waals surface area contributed by atoms with E-state index in [0.29, 0.717) is 5.92 Å². The summed E-state index contributed by atoms with van der Waals surface area (Å²) in [6, 6.07) is 21.2. The molecule has 3 rings (SSSR count). The lowest BCUT2D eigenvalue weighted by Gasteiger charge is -2.45. The molecule has 0 saturated heterocycles. The van der Waals surface area contributed by atoms with Crippen LogP contribution in [0.25, 0.3) is 0 Å². The third-order valence-electron chi connectivity index (χ3n) is 4.65. The van der Waals surface area contributed by atoms with Crippen molar-refractivity contribution in [2.45, 2.75) is 18.6 Å². The van der Waals surface area contributed by atoms with Crippen LogP contribution in [-0.4, -0.2) is 35.7 Å². The van der Waals surface area contributed by atoms with Gasteiger partial charge in [0.15, 0.2) is 5.79 Å². The van der Waals surface area contributed by atoms with Gasteiger partial charge >= 0.3 is 0 Å². The number of hydrogen-bond acceptors (Lipinski definition) is 3. The number of rotatable bonds is 7. The fourth-order valence-corrected chi connectivity index (χ4v) is 5.61. The van der Waals surface area contributed by atoms with Gasteiger partial charge in [0.25, 0.3) is 0 Å². The van der Waals surface area contributed by atoms with Crippen molar-refractivity contribution in [3.05, 3.63) is 60.7 Å². The van der Waals surface area contributed by atoms with Crippen molar-refractivity contribution in [1.82, 2.24) is 0 Å². The standard InChI is InChI=1S/C19H24O3Si/c1-20-19(21-2)13-16(14-19)15-22-23(17-9-5-3-6-10-17)18-11-7-4-8-12-18/h3-12,16,23H,13-15H2,1-2H3. The van der Waals surface area contributed by atoms with E-state index < -0.39 is 9.04 Å². The van der Waals surface area contributed by atoms with Crippen molar-refractivity contribution in [1.29, 1.82) is 0 Å². The largest absolute Gasteiger partial charge is 0.411 e. The van der Waals surface area contributed by atoms with Gasteiger partial charge in [-0.1, -0.05) is 60.7 Å². The van der Waals surface area contributed by atoms with Crippen LogP contribution < -0.4 is 10.4 Å². The van der Waals surface area contributed by atoms with E-state index in [9.17, 15) is 0 Å². The summed E-state index contributed by atoms with van der Waals surface area (Å²) in [5.41, 5.74) is 0. The van der Waals surface area contributed by atoms with E-state index in [1.165, 1.54) is 10.4 Å². The zero-order valence-corrected chi connectivity index (χ0v) is 14.9. The summed E-state index contributed by atoms with van der Waals surface area (Å²) < 4.78 is 17.4. The van der Waals surface area contributed by atoms with Crippen molar-refractivity contribution in [2.75, 3.05) is 20.8 Å². The van der Waals surface area contributed by atoms with E-state index in [1.807, 2.05) is 0 Å². The van der Waals surface area contributed by atoms with Crippen LogP contribution in [0.5, 0.6) is 0 Å². The van der Waals surface area contributed by atoms with Crippen LogP contribution in [0.15, 0.2) is 60.7 Å². The van der Waals surface area contributed by atoms with Gasteiger partial charge < -0.3 is 13.9 Å². The Bertz CT molecular complexity index is 551. The molecule has 0 aromatic heterocycles.